The minimum absolute atomic E-state index is 0. The Labute approximate surface area is 204 Å². The third kappa shape index (κ3) is 7.57. The van der Waals surface area contributed by atoms with Gasteiger partial charge in [-0.15, -0.1) is 24.0 Å². The second-order valence-electron chi connectivity index (χ2n) is 8.46. The van der Waals surface area contributed by atoms with Crippen molar-refractivity contribution in [1.82, 2.24) is 16.0 Å². The van der Waals surface area contributed by atoms with E-state index < -0.39 is 0 Å². The maximum Gasteiger partial charge on any atom is 0.191 e. The number of aliphatic imine (C=N–C) groups is 1. The number of halogens is 1. The predicted octanol–water partition coefficient (Wildman–Crippen LogP) is 4.34. The number of rotatable bonds is 7. The van der Waals surface area contributed by atoms with Crippen LogP contribution in [0.2, 0.25) is 0 Å². The average Bonchev–Trinajstić information content (AvgIpc) is 2.78. The Bertz CT molecular complexity index is 639. The molecule has 0 spiro atoms. The van der Waals surface area contributed by atoms with Gasteiger partial charge in [-0.25, -0.2) is 0 Å². The fraction of sp³-hybridized carbons (Fsp3) is 0.696. The fourth-order valence-corrected chi connectivity index (χ4v) is 5.38. The van der Waals surface area contributed by atoms with Gasteiger partial charge in [0.05, 0.1) is 0 Å². The van der Waals surface area contributed by atoms with E-state index in [1.807, 2.05) is 18.8 Å². The minimum Gasteiger partial charge on any atom is -0.381 e. The van der Waals surface area contributed by atoms with Gasteiger partial charge in [0.2, 0.25) is 0 Å². The van der Waals surface area contributed by atoms with Crippen LogP contribution in [0.5, 0.6) is 0 Å². The van der Waals surface area contributed by atoms with Gasteiger partial charge in [-0.3, -0.25) is 4.99 Å². The number of benzene rings is 1. The number of nitrogens with one attached hydrogen (secondary N) is 3. The summed E-state index contributed by atoms with van der Waals surface area (Å²) >= 11 is 2.00. The molecule has 7 heteroatoms. The van der Waals surface area contributed by atoms with Crippen molar-refractivity contribution in [2.24, 2.45) is 4.99 Å². The summed E-state index contributed by atoms with van der Waals surface area (Å²) in [7, 11) is 1.88. The lowest BCUT2D eigenvalue weighted by atomic mass is 9.88. The molecule has 1 saturated heterocycles. The van der Waals surface area contributed by atoms with E-state index in [1.54, 1.807) is 0 Å². The normalized spacial score (nSPS) is 25.1. The highest BCUT2D eigenvalue weighted by Gasteiger charge is 2.34. The summed E-state index contributed by atoms with van der Waals surface area (Å²) in [4.78, 5) is 4.51. The van der Waals surface area contributed by atoms with Gasteiger partial charge in [0, 0.05) is 49.7 Å². The Kier molecular flexibility index (Phi) is 11.3. The molecule has 1 saturated carbocycles. The Morgan fingerprint density at radius 3 is 2.63 bits per heavy atom. The molecule has 170 valence electrons. The van der Waals surface area contributed by atoms with Crippen LogP contribution >= 0.6 is 35.7 Å². The van der Waals surface area contributed by atoms with Crippen LogP contribution in [0.3, 0.4) is 0 Å². The Morgan fingerprint density at radius 2 is 1.97 bits per heavy atom. The van der Waals surface area contributed by atoms with Crippen LogP contribution in [0, 0.1) is 0 Å². The van der Waals surface area contributed by atoms with Crippen LogP contribution < -0.4 is 16.0 Å². The van der Waals surface area contributed by atoms with Gasteiger partial charge in [0.1, 0.15) is 0 Å². The summed E-state index contributed by atoms with van der Waals surface area (Å²) in [6.45, 7) is 4.72. The van der Waals surface area contributed by atoms with Gasteiger partial charge in [-0.05, 0) is 50.8 Å². The largest absolute Gasteiger partial charge is 0.381 e. The van der Waals surface area contributed by atoms with Gasteiger partial charge >= 0.3 is 0 Å². The van der Waals surface area contributed by atoms with E-state index in [4.69, 9.17) is 4.74 Å². The molecule has 2 aliphatic rings. The molecule has 0 radical (unpaired) electrons. The molecule has 1 aromatic carbocycles. The van der Waals surface area contributed by atoms with Gasteiger partial charge in [0.15, 0.2) is 5.96 Å². The Morgan fingerprint density at radius 1 is 1.23 bits per heavy atom. The van der Waals surface area contributed by atoms with Crippen molar-refractivity contribution < 1.29 is 4.74 Å². The predicted molar refractivity (Wildman–Crippen MR) is 140 cm³/mol. The Balaban J connectivity index is 0.00000320. The lowest BCUT2D eigenvalue weighted by Crippen LogP contribution is -2.59. The van der Waals surface area contributed by atoms with E-state index >= 15 is 0 Å². The van der Waals surface area contributed by atoms with Gasteiger partial charge in [-0.1, -0.05) is 36.8 Å². The Hall–Kier alpha value is -0.510. The summed E-state index contributed by atoms with van der Waals surface area (Å²) in [5.74, 6) is 0.928. The lowest BCUT2D eigenvalue weighted by molar-refractivity contribution is 0.0354. The summed E-state index contributed by atoms with van der Waals surface area (Å²) in [6.07, 6.45) is 9.35. The number of hydrogen-bond acceptors (Lipinski definition) is 4. The summed E-state index contributed by atoms with van der Waals surface area (Å²) in [6, 6.07) is 11.5. The second-order valence-corrected chi connectivity index (χ2v) is 9.60. The molecule has 0 aromatic heterocycles. The van der Waals surface area contributed by atoms with Gasteiger partial charge in [-0.2, -0.15) is 11.8 Å². The standard InChI is InChI=1S/C23H38N4OS.HI/c1-18(19-8-5-4-6-9-19)27-23(12-14-28-15-13-23)17-25-22(24-2)26-20-10-7-11-21(16-20)29-3;/h4-6,8-9,18,20-21,27H,7,10-17H2,1-3H3,(H2,24,25,26);1H. The van der Waals surface area contributed by atoms with Gasteiger partial charge in [0.25, 0.3) is 0 Å². The molecule has 1 aliphatic carbocycles. The molecule has 3 rings (SSSR count). The SMILES string of the molecule is CN=C(NCC1(NC(C)c2ccccc2)CCOCC1)NC1CCCC(SC)C1.I. The van der Waals surface area contributed by atoms with Crippen LogP contribution in [-0.4, -0.2) is 55.9 Å². The monoisotopic (exact) mass is 546 g/mol. The molecule has 0 amide bonds. The molecule has 1 aromatic rings. The van der Waals surface area contributed by atoms with Crippen molar-refractivity contribution in [2.75, 3.05) is 33.1 Å². The topological polar surface area (TPSA) is 57.7 Å². The molecule has 2 fully saturated rings. The highest BCUT2D eigenvalue weighted by atomic mass is 127. The minimum atomic E-state index is 0. The molecular formula is C23H39IN4OS. The number of nitrogens with zero attached hydrogens (tertiary/aromatic N) is 1. The van der Waals surface area contributed by atoms with Crippen LogP contribution in [0.1, 0.15) is 57.1 Å². The van der Waals surface area contributed by atoms with Crippen LogP contribution in [0.15, 0.2) is 35.3 Å². The van der Waals surface area contributed by atoms with E-state index in [-0.39, 0.29) is 29.5 Å². The zero-order chi connectivity index (χ0) is 20.5. The fourth-order valence-electron chi connectivity index (χ4n) is 4.55. The first kappa shape index (κ1) is 25.7. The molecular weight excluding hydrogens is 507 g/mol. The number of thioether (sulfide) groups is 1. The number of guanidine groups is 1. The number of hydrogen-bond donors (Lipinski definition) is 3. The summed E-state index contributed by atoms with van der Waals surface area (Å²) < 4.78 is 5.67. The zero-order valence-electron chi connectivity index (χ0n) is 18.7. The van der Waals surface area contributed by atoms with E-state index in [0.717, 1.165) is 43.8 Å². The molecule has 1 aliphatic heterocycles. The van der Waals surface area contributed by atoms with Crippen molar-refractivity contribution in [3.05, 3.63) is 35.9 Å². The van der Waals surface area contributed by atoms with Crippen LogP contribution in [-0.2, 0) is 4.74 Å². The lowest BCUT2D eigenvalue weighted by Gasteiger charge is -2.41. The summed E-state index contributed by atoms with van der Waals surface area (Å²) in [5.41, 5.74) is 1.34. The molecule has 3 N–H and O–H groups in total. The molecule has 3 atom stereocenters. The third-order valence-corrected chi connectivity index (χ3v) is 7.49. The average molecular weight is 547 g/mol. The maximum atomic E-state index is 5.67. The molecule has 30 heavy (non-hydrogen) atoms. The molecule has 0 bridgehead atoms. The first-order valence-electron chi connectivity index (χ1n) is 11.0. The maximum absolute atomic E-state index is 5.67. The van der Waals surface area contributed by atoms with Crippen molar-refractivity contribution in [3.8, 4) is 0 Å². The second kappa shape index (κ2) is 13.1. The molecule has 3 unspecified atom stereocenters. The van der Waals surface area contributed by atoms with Crippen LogP contribution in [0.25, 0.3) is 0 Å². The highest BCUT2D eigenvalue weighted by molar-refractivity contribution is 14.0. The van der Waals surface area contributed by atoms with Crippen molar-refractivity contribution in [1.29, 1.82) is 0 Å². The highest BCUT2D eigenvalue weighted by Crippen LogP contribution is 2.27. The van der Waals surface area contributed by atoms with Crippen LogP contribution in [0.4, 0.5) is 0 Å². The molecule has 5 nitrogen and oxygen atoms in total. The first-order valence-corrected chi connectivity index (χ1v) is 12.3. The van der Waals surface area contributed by atoms with E-state index in [0.29, 0.717) is 12.1 Å². The quantitative estimate of drug-likeness (QED) is 0.270. The van der Waals surface area contributed by atoms with Crippen molar-refractivity contribution >= 4 is 41.7 Å². The zero-order valence-corrected chi connectivity index (χ0v) is 21.8. The molecule has 1 heterocycles. The van der Waals surface area contributed by atoms with E-state index in [1.165, 1.54) is 31.2 Å². The smallest absolute Gasteiger partial charge is 0.191 e. The van der Waals surface area contributed by atoms with Gasteiger partial charge < -0.3 is 20.7 Å². The van der Waals surface area contributed by atoms with Crippen molar-refractivity contribution in [2.45, 2.75) is 68.3 Å². The van der Waals surface area contributed by atoms with E-state index in [9.17, 15) is 0 Å². The third-order valence-electron chi connectivity index (χ3n) is 6.39. The van der Waals surface area contributed by atoms with Crippen molar-refractivity contribution in [3.63, 3.8) is 0 Å². The first-order chi connectivity index (χ1) is 14.1. The summed E-state index contributed by atoms with van der Waals surface area (Å²) in [5, 5.41) is 12.0. The van der Waals surface area contributed by atoms with E-state index in [2.05, 4.69) is 64.5 Å². The number of ether oxygens (including phenoxy) is 1.